The SMILES string of the molecule is Cc1ccc(Cl)c(OC(=O)[C@H]2CCCN2S(=O)(=O)c2ccc(Br)s2)c1. The van der Waals surface area contributed by atoms with Crippen LogP contribution in [0.1, 0.15) is 18.4 Å². The third-order valence-corrected chi connectivity index (χ3v) is 8.20. The van der Waals surface area contributed by atoms with E-state index in [1.54, 1.807) is 24.3 Å². The molecule has 0 saturated carbocycles. The molecule has 0 unspecified atom stereocenters. The number of hydrogen-bond acceptors (Lipinski definition) is 5. The Bertz CT molecular complexity index is 913. The summed E-state index contributed by atoms with van der Waals surface area (Å²) < 4.78 is 33.2. The van der Waals surface area contributed by atoms with Gasteiger partial charge in [0.15, 0.2) is 0 Å². The molecule has 2 heterocycles. The summed E-state index contributed by atoms with van der Waals surface area (Å²) in [6.45, 7) is 2.15. The van der Waals surface area contributed by atoms with Crippen LogP contribution in [0.25, 0.3) is 0 Å². The number of carbonyl (C=O) groups is 1. The molecule has 1 aromatic carbocycles. The number of benzene rings is 1. The normalized spacial score (nSPS) is 18.4. The van der Waals surface area contributed by atoms with E-state index in [0.29, 0.717) is 24.4 Å². The van der Waals surface area contributed by atoms with Gasteiger partial charge in [-0.1, -0.05) is 17.7 Å². The molecule has 2 aromatic rings. The molecule has 1 atom stereocenters. The Morgan fingerprint density at radius 3 is 2.80 bits per heavy atom. The van der Waals surface area contributed by atoms with E-state index in [2.05, 4.69) is 15.9 Å². The number of carbonyl (C=O) groups excluding carboxylic acids is 1. The highest BCUT2D eigenvalue weighted by molar-refractivity contribution is 9.11. The molecule has 134 valence electrons. The quantitative estimate of drug-likeness (QED) is 0.502. The molecule has 1 fully saturated rings. The molecule has 1 aliphatic rings. The molecule has 9 heteroatoms. The third kappa shape index (κ3) is 3.93. The van der Waals surface area contributed by atoms with E-state index >= 15 is 0 Å². The lowest BCUT2D eigenvalue weighted by atomic mass is 10.2. The maximum Gasteiger partial charge on any atom is 0.329 e. The van der Waals surface area contributed by atoms with E-state index in [9.17, 15) is 13.2 Å². The second kappa shape index (κ2) is 7.36. The highest BCUT2D eigenvalue weighted by Gasteiger charge is 2.41. The monoisotopic (exact) mass is 463 g/mol. The summed E-state index contributed by atoms with van der Waals surface area (Å²) >= 11 is 10.4. The van der Waals surface area contributed by atoms with Crippen LogP contribution in [-0.4, -0.2) is 31.3 Å². The highest BCUT2D eigenvalue weighted by Crippen LogP contribution is 2.33. The van der Waals surface area contributed by atoms with Crippen molar-refractivity contribution in [2.24, 2.45) is 0 Å². The van der Waals surface area contributed by atoms with Gasteiger partial charge in [0.1, 0.15) is 16.0 Å². The summed E-state index contributed by atoms with van der Waals surface area (Å²) in [5, 5.41) is 0.313. The van der Waals surface area contributed by atoms with E-state index in [4.69, 9.17) is 16.3 Å². The van der Waals surface area contributed by atoms with Crippen molar-refractivity contribution >= 4 is 54.9 Å². The maximum atomic E-state index is 12.8. The number of aryl methyl sites for hydroxylation is 1. The Labute approximate surface area is 163 Å². The van der Waals surface area contributed by atoms with Crippen molar-refractivity contribution in [2.45, 2.75) is 30.0 Å². The van der Waals surface area contributed by atoms with E-state index in [1.807, 2.05) is 6.92 Å². The predicted molar refractivity (Wildman–Crippen MR) is 101 cm³/mol. The average molecular weight is 465 g/mol. The molecule has 0 spiro atoms. The molecule has 5 nitrogen and oxygen atoms in total. The largest absolute Gasteiger partial charge is 0.424 e. The first-order valence-corrected chi connectivity index (χ1v) is 11.0. The van der Waals surface area contributed by atoms with Gasteiger partial charge in [0, 0.05) is 6.54 Å². The lowest BCUT2D eigenvalue weighted by Crippen LogP contribution is -2.42. The van der Waals surface area contributed by atoms with Crippen LogP contribution in [0.3, 0.4) is 0 Å². The Hall–Kier alpha value is -0.930. The fraction of sp³-hybridized carbons (Fsp3) is 0.312. The number of esters is 1. The number of hydrogen-bond donors (Lipinski definition) is 0. The molecular weight excluding hydrogens is 450 g/mol. The Kier molecular flexibility index (Phi) is 5.55. The topological polar surface area (TPSA) is 63.7 Å². The Morgan fingerprint density at radius 2 is 2.12 bits per heavy atom. The fourth-order valence-corrected chi connectivity index (χ4v) is 6.62. The van der Waals surface area contributed by atoms with Crippen LogP contribution < -0.4 is 4.74 Å². The van der Waals surface area contributed by atoms with E-state index in [-0.39, 0.29) is 9.96 Å². The van der Waals surface area contributed by atoms with E-state index in [1.165, 1.54) is 10.4 Å². The minimum Gasteiger partial charge on any atom is -0.424 e. The van der Waals surface area contributed by atoms with Crippen molar-refractivity contribution in [1.29, 1.82) is 0 Å². The number of thiophene rings is 1. The van der Waals surface area contributed by atoms with Crippen LogP contribution in [0.15, 0.2) is 38.3 Å². The Morgan fingerprint density at radius 1 is 1.36 bits per heavy atom. The summed E-state index contributed by atoms with van der Waals surface area (Å²) in [7, 11) is -3.73. The van der Waals surface area contributed by atoms with Gasteiger partial charge in [-0.2, -0.15) is 4.31 Å². The van der Waals surface area contributed by atoms with Gasteiger partial charge in [0.05, 0.1) is 8.81 Å². The van der Waals surface area contributed by atoms with Gasteiger partial charge in [-0.05, 0) is 65.5 Å². The predicted octanol–water partition coefficient (Wildman–Crippen LogP) is 4.23. The first-order chi connectivity index (χ1) is 11.8. The van der Waals surface area contributed by atoms with E-state index < -0.39 is 22.0 Å². The molecule has 1 aliphatic heterocycles. The highest BCUT2D eigenvalue weighted by atomic mass is 79.9. The summed E-state index contributed by atoms with van der Waals surface area (Å²) in [6.07, 6.45) is 1.03. The van der Waals surface area contributed by atoms with Crippen LogP contribution in [0, 0.1) is 6.92 Å². The molecule has 0 bridgehead atoms. The van der Waals surface area contributed by atoms with Gasteiger partial charge >= 0.3 is 5.97 Å². The molecule has 0 amide bonds. The molecular formula is C16H15BrClNO4S2. The van der Waals surface area contributed by atoms with Crippen molar-refractivity contribution in [3.63, 3.8) is 0 Å². The molecule has 3 rings (SSSR count). The summed E-state index contributed by atoms with van der Waals surface area (Å²) in [5.41, 5.74) is 0.895. The van der Waals surface area contributed by atoms with Crippen LogP contribution in [0.4, 0.5) is 0 Å². The molecule has 1 aromatic heterocycles. The lowest BCUT2D eigenvalue weighted by molar-refractivity contribution is -0.137. The summed E-state index contributed by atoms with van der Waals surface area (Å²) in [6, 6.07) is 7.47. The Balaban J connectivity index is 1.84. The standard InChI is InChI=1S/C16H15BrClNO4S2/c1-10-4-5-11(18)13(9-10)23-16(20)12-3-2-8-19(12)25(21,22)15-7-6-14(17)24-15/h4-7,9,12H,2-3,8H2,1H3/t12-/m1/s1. The fourth-order valence-electron chi connectivity index (χ4n) is 2.68. The number of rotatable bonds is 4. The van der Waals surface area contributed by atoms with Gasteiger partial charge in [0.2, 0.25) is 0 Å². The lowest BCUT2D eigenvalue weighted by Gasteiger charge is -2.22. The maximum absolute atomic E-state index is 12.8. The van der Waals surface area contributed by atoms with Crippen molar-refractivity contribution in [3.05, 3.63) is 44.7 Å². The first-order valence-electron chi connectivity index (χ1n) is 7.54. The number of halogens is 2. The van der Waals surface area contributed by atoms with Crippen LogP contribution >= 0.6 is 38.9 Å². The smallest absolute Gasteiger partial charge is 0.329 e. The van der Waals surface area contributed by atoms with Crippen LogP contribution in [0.5, 0.6) is 5.75 Å². The molecule has 25 heavy (non-hydrogen) atoms. The van der Waals surface area contributed by atoms with Gasteiger partial charge in [-0.3, -0.25) is 0 Å². The molecule has 1 saturated heterocycles. The zero-order chi connectivity index (χ0) is 18.2. The van der Waals surface area contributed by atoms with Crippen LogP contribution in [0.2, 0.25) is 5.02 Å². The number of nitrogens with zero attached hydrogens (tertiary/aromatic N) is 1. The van der Waals surface area contributed by atoms with E-state index in [0.717, 1.165) is 20.7 Å². The van der Waals surface area contributed by atoms with Crippen molar-refractivity contribution < 1.29 is 17.9 Å². The average Bonchev–Trinajstić information content (AvgIpc) is 3.20. The van der Waals surface area contributed by atoms with Gasteiger partial charge in [-0.15, -0.1) is 11.3 Å². The zero-order valence-electron chi connectivity index (χ0n) is 13.2. The summed E-state index contributed by atoms with van der Waals surface area (Å²) in [5.74, 6) is -0.362. The number of ether oxygens (including phenoxy) is 1. The second-order valence-corrected chi connectivity index (χ2v) is 10.7. The van der Waals surface area contributed by atoms with Crippen molar-refractivity contribution in [3.8, 4) is 5.75 Å². The minimum atomic E-state index is -3.73. The summed E-state index contributed by atoms with van der Waals surface area (Å²) in [4.78, 5) is 12.6. The molecule has 0 aliphatic carbocycles. The van der Waals surface area contributed by atoms with Gasteiger partial charge in [0.25, 0.3) is 10.0 Å². The number of sulfonamides is 1. The minimum absolute atomic E-state index is 0.202. The van der Waals surface area contributed by atoms with Gasteiger partial charge < -0.3 is 4.74 Å². The van der Waals surface area contributed by atoms with Crippen molar-refractivity contribution in [2.75, 3.05) is 6.54 Å². The molecule has 0 radical (unpaired) electrons. The molecule has 0 N–H and O–H groups in total. The second-order valence-electron chi connectivity index (χ2n) is 5.69. The van der Waals surface area contributed by atoms with Gasteiger partial charge in [-0.25, -0.2) is 13.2 Å². The van der Waals surface area contributed by atoms with Crippen molar-refractivity contribution in [1.82, 2.24) is 4.31 Å². The third-order valence-electron chi connectivity index (χ3n) is 3.88. The van der Waals surface area contributed by atoms with Crippen LogP contribution in [-0.2, 0) is 14.8 Å². The zero-order valence-corrected chi connectivity index (χ0v) is 17.2. The first kappa shape index (κ1) is 18.8.